The highest BCUT2D eigenvalue weighted by Crippen LogP contribution is 2.17. The van der Waals surface area contributed by atoms with Crippen LogP contribution in [0.15, 0.2) is 0 Å². The molecule has 0 aromatic carbocycles. The molecule has 1 saturated heterocycles. The van der Waals surface area contributed by atoms with Crippen molar-refractivity contribution >= 4 is 5.91 Å². The molecule has 0 radical (unpaired) electrons. The van der Waals surface area contributed by atoms with Gasteiger partial charge in [-0.2, -0.15) is 0 Å². The summed E-state index contributed by atoms with van der Waals surface area (Å²) in [5, 5.41) is 9.01. The number of aliphatic hydroxyl groups is 1. The Labute approximate surface area is 78.5 Å². The maximum atomic E-state index is 11.6. The molecule has 1 fully saturated rings. The van der Waals surface area contributed by atoms with Gasteiger partial charge in [-0.3, -0.25) is 4.79 Å². The van der Waals surface area contributed by atoms with Crippen LogP contribution in [0.1, 0.15) is 19.8 Å². The summed E-state index contributed by atoms with van der Waals surface area (Å²) in [5.41, 5.74) is 0. The molecule has 0 aliphatic carbocycles. The number of carbonyl (C=O) groups is 1. The van der Waals surface area contributed by atoms with E-state index in [9.17, 15) is 4.79 Å². The van der Waals surface area contributed by atoms with E-state index in [0.29, 0.717) is 0 Å². The van der Waals surface area contributed by atoms with Crippen LogP contribution in [0.25, 0.3) is 0 Å². The summed E-state index contributed by atoms with van der Waals surface area (Å²) in [6.45, 7) is 2.54. The minimum absolute atomic E-state index is 0.00472. The number of carbonyl (C=O) groups excluding carboxylic acids is 1. The number of amides is 1. The van der Waals surface area contributed by atoms with Gasteiger partial charge in [-0.05, 0) is 19.8 Å². The first-order chi connectivity index (χ1) is 6.20. The molecule has 2 atom stereocenters. The second-order valence-electron chi connectivity index (χ2n) is 3.39. The maximum absolute atomic E-state index is 11.6. The lowest BCUT2D eigenvalue weighted by molar-refractivity contribution is -0.142. The summed E-state index contributed by atoms with van der Waals surface area (Å²) in [4.78, 5) is 13.4. The molecule has 0 aromatic rings. The molecule has 0 saturated carbocycles. The van der Waals surface area contributed by atoms with Gasteiger partial charge in [0.2, 0.25) is 0 Å². The molecule has 0 bridgehead atoms. The summed E-state index contributed by atoms with van der Waals surface area (Å²) < 4.78 is 4.94. The Kier molecular flexibility index (Phi) is 3.69. The number of ether oxygens (including phenoxy) is 1. The van der Waals surface area contributed by atoms with E-state index in [-0.39, 0.29) is 18.6 Å². The van der Waals surface area contributed by atoms with Crippen molar-refractivity contribution in [3.8, 4) is 0 Å². The standard InChI is InChI=1S/C9H17NO3/c1-7(13-2)9(12)10-5-3-4-8(10)6-11/h7-8,11H,3-6H2,1-2H3/t7?,8-/m0/s1. The van der Waals surface area contributed by atoms with Crippen LogP contribution in [-0.2, 0) is 9.53 Å². The van der Waals surface area contributed by atoms with Gasteiger partial charge in [0.15, 0.2) is 0 Å². The lowest BCUT2D eigenvalue weighted by atomic mass is 10.2. The molecule has 4 nitrogen and oxygen atoms in total. The van der Waals surface area contributed by atoms with Gasteiger partial charge < -0.3 is 14.7 Å². The summed E-state index contributed by atoms with van der Waals surface area (Å²) in [6, 6.07) is 0.00472. The van der Waals surface area contributed by atoms with Crippen LogP contribution in [0, 0.1) is 0 Å². The van der Waals surface area contributed by atoms with E-state index in [1.165, 1.54) is 7.11 Å². The van der Waals surface area contributed by atoms with Crippen LogP contribution in [-0.4, -0.2) is 48.3 Å². The molecular weight excluding hydrogens is 170 g/mol. The van der Waals surface area contributed by atoms with Gasteiger partial charge in [-0.1, -0.05) is 0 Å². The molecule has 1 N–H and O–H groups in total. The largest absolute Gasteiger partial charge is 0.394 e. The number of hydrogen-bond donors (Lipinski definition) is 1. The average Bonchev–Trinajstić information content (AvgIpc) is 2.62. The number of aliphatic hydroxyl groups excluding tert-OH is 1. The third kappa shape index (κ3) is 2.19. The number of nitrogens with zero attached hydrogens (tertiary/aromatic N) is 1. The van der Waals surface area contributed by atoms with Crippen LogP contribution < -0.4 is 0 Å². The molecule has 13 heavy (non-hydrogen) atoms. The highest BCUT2D eigenvalue weighted by Gasteiger charge is 2.30. The molecule has 76 valence electrons. The smallest absolute Gasteiger partial charge is 0.251 e. The summed E-state index contributed by atoms with van der Waals surface area (Å²) in [7, 11) is 1.52. The minimum atomic E-state index is -0.396. The van der Waals surface area contributed by atoms with E-state index in [4.69, 9.17) is 9.84 Å². The molecular formula is C9H17NO3. The van der Waals surface area contributed by atoms with Gasteiger partial charge in [-0.25, -0.2) is 0 Å². The molecule has 0 spiro atoms. The fourth-order valence-corrected chi connectivity index (χ4v) is 1.65. The van der Waals surface area contributed by atoms with Crippen LogP contribution in [0.4, 0.5) is 0 Å². The predicted molar refractivity (Wildman–Crippen MR) is 48.3 cm³/mol. The number of rotatable bonds is 3. The first kappa shape index (κ1) is 10.5. The van der Waals surface area contributed by atoms with E-state index in [2.05, 4.69) is 0 Å². The lowest BCUT2D eigenvalue weighted by Gasteiger charge is -2.25. The fraction of sp³-hybridized carbons (Fsp3) is 0.889. The quantitative estimate of drug-likeness (QED) is 0.677. The number of methoxy groups -OCH3 is 1. The van der Waals surface area contributed by atoms with E-state index < -0.39 is 6.10 Å². The molecule has 1 aliphatic heterocycles. The molecule has 1 rings (SSSR count). The van der Waals surface area contributed by atoms with Crippen molar-refractivity contribution < 1.29 is 14.6 Å². The molecule has 1 aliphatic rings. The molecule has 1 amide bonds. The van der Waals surface area contributed by atoms with Crippen molar-refractivity contribution in [2.45, 2.75) is 31.9 Å². The van der Waals surface area contributed by atoms with Gasteiger partial charge >= 0.3 is 0 Å². The van der Waals surface area contributed by atoms with E-state index >= 15 is 0 Å². The summed E-state index contributed by atoms with van der Waals surface area (Å²) in [5.74, 6) is -0.0148. The predicted octanol–water partition coefficient (Wildman–Crippen LogP) is 0.00460. The Morgan fingerprint density at radius 1 is 1.77 bits per heavy atom. The highest BCUT2D eigenvalue weighted by atomic mass is 16.5. The Hall–Kier alpha value is -0.610. The average molecular weight is 187 g/mol. The van der Waals surface area contributed by atoms with Crippen LogP contribution in [0.5, 0.6) is 0 Å². The van der Waals surface area contributed by atoms with Crippen molar-refractivity contribution in [3.05, 3.63) is 0 Å². The van der Waals surface area contributed by atoms with E-state index in [1.807, 2.05) is 0 Å². The molecule has 0 aromatic heterocycles. The zero-order chi connectivity index (χ0) is 9.84. The minimum Gasteiger partial charge on any atom is -0.394 e. The van der Waals surface area contributed by atoms with Gasteiger partial charge in [0, 0.05) is 13.7 Å². The second kappa shape index (κ2) is 4.58. The van der Waals surface area contributed by atoms with Gasteiger partial charge in [0.1, 0.15) is 6.10 Å². The van der Waals surface area contributed by atoms with Crippen molar-refractivity contribution in [2.24, 2.45) is 0 Å². The maximum Gasteiger partial charge on any atom is 0.251 e. The fourth-order valence-electron chi connectivity index (χ4n) is 1.65. The third-order valence-corrected chi connectivity index (χ3v) is 2.57. The Bertz CT molecular complexity index is 184. The van der Waals surface area contributed by atoms with Crippen LogP contribution in [0.2, 0.25) is 0 Å². The van der Waals surface area contributed by atoms with Crippen molar-refractivity contribution in [1.82, 2.24) is 4.90 Å². The lowest BCUT2D eigenvalue weighted by Crippen LogP contribution is -2.43. The van der Waals surface area contributed by atoms with Gasteiger partial charge in [-0.15, -0.1) is 0 Å². The first-order valence-electron chi connectivity index (χ1n) is 4.64. The normalized spacial score (nSPS) is 24.8. The second-order valence-corrected chi connectivity index (χ2v) is 3.39. The zero-order valence-electron chi connectivity index (χ0n) is 8.19. The van der Waals surface area contributed by atoms with Crippen LogP contribution >= 0.6 is 0 Å². The molecule has 4 heteroatoms. The monoisotopic (exact) mass is 187 g/mol. The number of hydrogen-bond acceptors (Lipinski definition) is 3. The van der Waals surface area contributed by atoms with Gasteiger partial charge in [0.05, 0.1) is 12.6 Å². The summed E-state index contributed by atoms with van der Waals surface area (Å²) >= 11 is 0. The zero-order valence-corrected chi connectivity index (χ0v) is 8.19. The first-order valence-corrected chi connectivity index (χ1v) is 4.64. The van der Waals surface area contributed by atoms with Crippen LogP contribution in [0.3, 0.4) is 0 Å². The SMILES string of the molecule is COC(C)C(=O)N1CCC[C@H]1CO. The van der Waals surface area contributed by atoms with Gasteiger partial charge in [0.25, 0.3) is 5.91 Å². The van der Waals surface area contributed by atoms with Crippen molar-refractivity contribution in [1.29, 1.82) is 0 Å². The van der Waals surface area contributed by atoms with E-state index in [0.717, 1.165) is 19.4 Å². The highest BCUT2D eigenvalue weighted by molar-refractivity contribution is 5.81. The topological polar surface area (TPSA) is 49.8 Å². The Morgan fingerprint density at radius 3 is 3.00 bits per heavy atom. The summed E-state index contributed by atoms with van der Waals surface area (Å²) in [6.07, 6.45) is 1.48. The van der Waals surface area contributed by atoms with Crippen molar-refractivity contribution in [2.75, 3.05) is 20.3 Å². The molecule has 1 heterocycles. The number of likely N-dealkylation sites (tertiary alicyclic amines) is 1. The Balaban J connectivity index is 2.54. The Morgan fingerprint density at radius 2 is 2.46 bits per heavy atom. The third-order valence-electron chi connectivity index (χ3n) is 2.57. The van der Waals surface area contributed by atoms with Crippen molar-refractivity contribution in [3.63, 3.8) is 0 Å². The molecule has 1 unspecified atom stereocenters. The van der Waals surface area contributed by atoms with E-state index in [1.54, 1.807) is 11.8 Å².